The van der Waals surface area contributed by atoms with Crippen LogP contribution >= 0.6 is 11.6 Å². The van der Waals surface area contributed by atoms with Crippen molar-refractivity contribution in [3.8, 4) is 5.75 Å². The third-order valence-electron chi connectivity index (χ3n) is 3.41. The maximum atomic E-state index is 12.0. The summed E-state index contributed by atoms with van der Waals surface area (Å²) in [7, 11) is 0. The van der Waals surface area contributed by atoms with Crippen LogP contribution in [0.25, 0.3) is 0 Å². The van der Waals surface area contributed by atoms with Gasteiger partial charge >= 0.3 is 0 Å². The van der Waals surface area contributed by atoms with Gasteiger partial charge in [0.15, 0.2) is 6.73 Å². The lowest BCUT2D eigenvalue weighted by molar-refractivity contribution is 0.102. The second-order valence-electron chi connectivity index (χ2n) is 5.09. The van der Waals surface area contributed by atoms with Crippen LogP contribution in [0, 0.1) is 0 Å². The highest BCUT2D eigenvalue weighted by Gasteiger charge is 2.13. The van der Waals surface area contributed by atoms with Gasteiger partial charge in [-0.25, -0.2) is 4.68 Å². The molecule has 2 aromatic heterocycles. The van der Waals surface area contributed by atoms with E-state index in [4.69, 9.17) is 16.3 Å². The van der Waals surface area contributed by atoms with E-state index in [1.54, 1.807) is 10.9 Å². The average molecular weight is 346 g/mol. The van der Waals surface area contributed by atoms with Crippen molar-refractivity contribution in [1.82, 2.24) is 20.0 Å². The predicted molar refractivity (Wildman–Crippen MR) is 90.2 cm³/mol. The molecule has 1 aromatic carbocycles. The number of nitrogens with zero attached hydrogens (tertiary/aromatic N) is 3. The molecule has 24 heavy (non-hydrogen) atoms. The van der Waals surface area contributed by atoms with Crippen molar-refractivity contribution in [1.29, 1.82) is 0 Å². The maximum Gasteiger partial charge on any atom is 0.275 e. The number of aromatic amines is 1. The molecule has 3 aromatic rings. The number of hydrogen-bond acceptors (Lipinski definition) is 4. The van der Waals surface area contributed by atoms with Crippen molar-refractivity contribution in [2.45, 2.75) is 20.1 Å². The molecular weight excluding hydrogens is 330 g/mol. The molecule has 2 N–H and O–H groups in total. The van der Waals surface area contributed by atoms with Gasteiger partial charge in [-0.05, 0) is 24.1 Å². The summed E-state index contributed by atoms with van der Waals surface area (Å²) < 4.78 is 7.23. The molecule has 8 heteroatoms. The van der Waals surface area contributed by atoms with Gasteiger partial charge in [0.2, 0.25) is 0 Å². The minimum absolute atomic E-state index is 0.205. The Morgan fingerprint density at radius 1 is 1.33 bits per heavy atom. The number of hydrogen-bond donors (Lipinski definition) is 2. The van der Waals surface area contributed by atoms with E-state index in [0.29, 0.717) is 5.69 Å². The number of amides is 1. The van der Waals surface area contributed by atoms with E-state index >= 15 is 0 Å². The predicted octanol–water partition coefficient (Wildman–Crippen LogP) is 3.11. The molecule has 0 bridgehead atoms. The van der Waals surface area contributed by atoms with Crippen LogP contribution < -0.4 is 10.1 Å². The van der Waals surface area contributed by atoms with E-state index in [1.807, 2.05) is 24.3 Å². The first kappa shape index (κ1) is 16.1. The molecule has 3 rings (SSSR count). The van der Waals surface area contributed by atoms with Crippen LogP contribution in [0.4, 0.5) is 5.69 Å². The Kier molecular flexibility index (Phi) is 4.81. The number of carbonyl (C=O) groups is 1. The van der Waals surface area contributed by atoms with E-state index in [9.17, 15) is 4.79 Å². The van der Waals surface area contributed by atoms with Crippen LogP contribution in [-0.2, 0) is 13.2 Å². The van der Waals surface area contributed by atoms with Gasteiger partial charge in [-0.1, -0.05) is 30.7 Å². The van der Waals surface area contributed by atoms with Gasteiger partial charge in [-0.3, -0.25) is 9.89 Å². The fourth-order valence-electron chi connectivity index (χ4n) is 2.09. The smallest absolute Gasteiger partial charge is 0.275 e. The molecule has 0 radical (unpaired) electrons. The molecule has 0 unspecified atom stereocenters. The SMILES string of the molecule is CCc1ccc(OCn2cc(NC(=O)c3[nH]ncc3Cl)cn2)cc1. The Balaban J connectivity index is 1.57. The summed E-state index contributed by atoms with van der Waals surface area (Å²) in [5.41, 5.74) is 2.00. The van der Waals surface area contributed by atoms with E-state index in [0.717, 1.165) is 12.2 Å². The zero-order valence-corrected chi connectivity index (χ0v) is 13.7. The Bertz CT molecular complexity index is 825. The van der Waals surface area contributed by atoms with E-state index in [-0.39, 0.29) is 23.4 Å². The van der Waals surface area contributed by atoms with E-state index in [2.05, 4.69) is 27.5 Å². The Labute approximate surface area is 143 Å². The molecule has 0 atom stereocenters. The third-order valence-corrected chi connectivity index (χ3v) is 3.69. The molecule has 7 nitrogen and oxygen atoms in total. The van der Waals surface area contributed by atoms with Crippen molar-refractivity contribution in [2.24, 2.45) is 0 Å². The van der Waals surface area contributed by atoms with E-state index < -0.39 is 0 Å². The zero-order chi connectivity index (χ0) is 16.9. The van der Waals surface area contributed by atoms with Crippen LogP contribution in [0.5, 0.6) is 5.75 Å². The fraction of sp³-hybridized carbons (Fsp3) is 0.188. The van der Waals surface area contributed by atoms with Crippen molar-refractivity contribution in [3.05, 3.63) is 59.1 Å². The van der Waals surface area contributed by atoms with Crippen LogP contribution in [-0.4, -0.2) is 25.9 Å². The summed E-state index contributed by atoms with van der Waals surface area (Å²) in [4.78, 5) is 12.0. The van der Waals surface area contributed by atoms with Crippen LogP contribution in [0.1, 0.15) is 23.0 Å². The average Bonchev–Trinajstić information content (AvgIpc) is 3.22. The monoisotopic (exact) mass is 345 g/mol. The van der Waals surface area contributed by atoms with Gasteiger partial charge in [0, 0.05) is 0 Å². The minimum Gasteiger partial charge on any atom is -0.471 e. The lowest BCUT2D eigenvalue weighted by Crippen LogP contribution is -2.12. The highest BCUT2D eigenvalue weighted by Crippen LogP contribution is 2.15. The number of nitrogens with one attached hydrogen (secondary N) is 2. The summed E-state index contributed by atoms with van der Waals surface area (Å²) >= 11 is 5.85. The van der Waals surface area contributed by atoms with E-state index in [1.165, 1.54) is 18.0 Å². The van der Waals surface area contributed by atoms with Gasteiger partial charge in [0.05, 0.1) is 29.3 Å². The highest BCUT2D eigenvalue weighted by molar-refractivity contribution is 6.34. The second kappa shape index (κ2) is 7.18. The highest BCUT2D eigenvalue weighted by atomic mass is 35.5. The molecular formula is C16H16ClN5O2. The molecule has 1 amide bonds. The number of aryl methyl sites for hydroxylation is 1. The third kappa shape index (κ3) is 3.75. The van der Waals surface area contributed by atoms with Crippen molar-refractivity contribution >= 4 is 23.2 Å². The Hall–Kier alpha value is -2.80. The molecule has 0 aliphatic rings. The molecule has 0 spiro atoms. The van der Waals surface area contributed by atoms with Crippen molar-refractivity contribution < 1.29 is 9.53 Å². The van der Waals surface area contributed by atoms with Crippen LogP contribution in [0.15, 0.2) is 42.9 Å². The quantitative estimate of drug-likeness (QED) is 0.718. The number of ether oxygens (including phenoxy) is 1. The van der Waals surface area contributed by atoms with Gasteiger partial charge in [-0.2, -0.15) is 10.2 Å². The number of aromatic nitrogens is 4. The molecule has 0 aliphatic heterocycles. The molecule has 0 aliphatic carbocycles. The van der Waals surface area contributed by atoms with Crippen molar-refractivity contribution in [3.63, 3.8) is 0 Å². The summed E-state index contributed by atoms with van der Waals surface area (Å²) in [5.74, 6) is 0.380. The molecule has 124 valence electrons. The normalized spacial score (nSPS) is 10.6. The number of rotatable bonds is 6. The lowest BCUT2D eigenvalue weighted by atomic mass is 10.2. The number of carbonyl (C=O) groups excluding carboxylic acids is 1. The Morgan fingerprint density at radius 3 is 2.79 bits per heavy atom. The number of benzene rings is 1. The molecule has 2 heterocycles. The number of halogens is 1. The van der Waals surface area contributed by atoms with Crippen LogP contribution in [0.2, 0.25) is 5.02 Å². The topological polar surface area (TPSA) is 84.8 Å². The van der Waals surface area contributed by atoms with Crippen molar-refractivity contribution in [2.75, 3.05) is 5.32 Å². The first-order valence-electron chi connectivity index (χ1n) is 7.40. The summed E-state index contributed by atoms with van der Waals surface area (Å²) in [5, 5.41) is 13.3. The maximum absolute atomic E-state index is 12.0. The van der Waals surface area contributed by atoms with Gasteiger partial charge in [-0.15, -0.1) is 0 Å². The minimum atomic E-state index is -0.381. The molecule has 0 fully saturated rings. The van der Waals surface area contributed by atoms with Gasteiger partial charge in [0.1, 0.15) is 11.4 Å². The molecule has 0 saturated carbocycles. The standard InChI is InChI=1S/C16H16ClN5O2/c1-2-11-3-5-13(6-4-11)24-10-22-9-12(7-19-22)20-16(23)15-14(17)8-18-21-15/h3-9H,2,10H2,1H3,(H,18,21)(H,20,23). The van der Waals surface area contributed by atoms with Crippen LogP contribution in [0.3, 0.4) is 0 Å². The van der Waals surface area contributed by atoms with Gasteiger partial charge in [0.25, 0.3) is 5.91 Å². The largest absolute Gasteiger partial charge is 0.471 e. The lowest BCUT2D eigenvalue weighted by Gasteiger charge is -2.06. The first-order valence-corrected chi connectivity index (χ1v) is 7.78. The molecule has 0 saturated heterocycles. The fourth-order valence-corrected chi connectivity index (χ4v) is 2.26. The van der Waals surface area contributed by atoms with Gasteiger partial charge < -0.3 is 10.1 Å². The number of H-pyrrole nitrogens is 1. The first-order chi connectivity index (χ1) is 11.7. The summed E-state index contributed by atoms with van der Waals surface area (Å²) in [6.45, 7) is 2.35. The Morgan fingerprint density at radius 2 is 2.12 bits per heavy atom. The summed E-state index contributed by atoms with van der Waals surface area (Å²) in [6, 6.07) is 7.90. The second-order valence-corrected chi connectivity index (χ2v) is 5.49. The zero-order valence-electron chi connectivity index (χ0n) is 13.0. The summed E-state index contributed by atoms with van der Waals surface area (Å²) in [6.07, 6.45) is 5.56. The number of anilines is 1.